The van der Waals surface area contributed by atoms with E-state index in [1.54, 1.807) is 0 Å². The number of carbonyl (C=O) groups is 2. The Bertz CT molecular complexity index is 324. The van der Waals surface area contributed by atoms with Gasteiger partial charge in [0.15, 0.2) is 0 Å². The largest absolute Gasteiger partial charge is 0.339 e. The number of amides is 1. The SMILES string of the molecule is CC(C)C(=O)N1CCCCC1C1CCCCC1=O. The molecule has 2 unspecified atom stereocenters. The molecule has 0 spiro atoms. The Morgan fingerprint density at radius 1 is 1.17 bits per heavy atom. The normalized spacial score (nSPS) is 29.7. The number of rotatable bonds is 2. The van der Waals surface area contributed by atoms with Gasteiger partial charge in [-0.05, 0) is 32.1 Å². The number of ketones is 1. The molecule has 0 aromatic heterocycles. The Morgan fingerprint density at radius 2 is 1.89 bits per heavy atom. The lowest BCUT2D eigenvalue weighted by molar-refractivity contribution is -0.142. The standard InChI is InChI=1S/C15H25NO2/c1-11(2)15(18)16-10-6-5-8-13(16)12-7-3-4-9-14(12)17/h11-13H,3-10H2,1-2H3. The van der Waals surface area contributed by atoms with Crippen LogP contribution in [-0.4, -0.2) is 29.2 Å². The van der Waals surface area contributed by atoms with Gasteiger partial charge in [0.2, 0.25) is 5.91 Å². The first-order valence-corrected chi connectivity index (χ1v) is 7.44. The number of hydrogen-bond donors (Lipinski definition) is 0. The molecule has 2 rings (SSSR count). The minimum absolute atomic E-state index is 0.0456. The molecular formula is C15H25NO2. The van der Waals surface area contributed by atoms with Crippen molar-refractivity contribution in [3.05, 3.63) is 0 Å². The van der Waals surface area contributed by atoms with E-state index in [1.807, 2.05) is 18.7 Å². The monoisotopic (exact) mass is 251 g/mol. The number of carbonyl (C=O) groups excluding carboxylic acids is 2. The fourth-order valence-corrected chi connectivity index (χ4v) is 3.40. The van der Waals surface area contributed by atoms with Crippen LogP contribution in [0.25, 0.3) is 0 Å². The number of nitrogens with zero attached hydrogens (tertiary/aromatic N) is 1. The Labute approximate surface area is 110 Å². The molecule has 1 amide bonds. The summed E-state index contributed by atoms with van der Waals surface area (Å²) in [5.74, 6) is 0.804. The van der Waals surface area contributed by atoms with Gasteiger partial charge in [0.05, 0.1) is 0 Å². The van der Waals surface area contributed by atoms with Crippen LogP contribution in [-0.2, 0) is 9.59 Å². The van der Waals surface area contributed by atoms with E-state index in [0.29, 0.717) is 5.78 Å². The van der Waals surface area contributed by atoms with Crippen LogP contribution < -0.4 is 0 Å². The molecule has 2 aliphatic rings. The zero-order chi connectivity index (χ0) is 13.1. The summed E-state index contributed by atoms with van der Waals surface area (Å²) in [5, 5.41) is 0. The van der Waals surface area contributed by atoms with E-state index in [9.17, 15) is 9.59 Å². The molecule has 2 atom stereocenters. The molecule has 0 radical (unpaired) electrons. The van der Waals surface area contributed by atoms with Gasteiger partial charge in [0.25, 0.3) is 0 Å². The van der Waals surface area contributed by atoms with E-state index in [2.05, 4.69) is 0 Å². The van der Waals surface area contributed by atoms with Crippen molar-refractivity contribution in [2.45, 2.75) is 64.8 Å². The number of likely N-dealkylation sites (tertiary alicyclic amines) is 1. The van der Waals surface area contributed by atoms with E-state index < -0.39 is 0 Å². The molecule has 0 bridgehead atoms. The third-order valence-electron chi connectivity index (χ3n) is 4.39. The van der Waals surface area contributed by atoms with Crippen molar-refractivity contribution in [3.63, 3.8) is 0 Å². The first-order chi connectivity index (χ1) is 8.61. The summed E-state index contributed by atoms with van der Waals surface area (Å²) in [6, 6.07) is 0.196. The zero-order valence-electron chi connectivity index (χ0n) is 11.7. The summed E-state index contributed by atoms with van der Waals surface area (Å²) in [6.45, 7) is 4.76. The second-order valence-corrected chi connectivity index (χ2v) is 6.07. The summed E-state index contributed by atoms with van der Waals surface area (Å²) < 4.78 is 0. The van der Waals surface area contributed by atoms with Gasteiger partial charge in [-0.25, -0.2) is 0 Å². The highest BCUT2D eigenvalue weighted by Crippen LogP contribution is 2.32. The minimum atomic E-state index is 0.0456. The maximum absolute atomic E-state index is 12.3. The molecule has 1 aliphatic carbocycles. The van der Waals surface area contributed by atoms with Crippen molar-refractivity contribution in [3.8, 4) is 0 Å². The van der Waals surface area contributed by atoms with Gasteiger partial charge in [-0.15, -0.1) is 0 Å². The average molecular weight is 251 g/mol. The van der Waals surface area contributed by atoms with E-state index in [4.69, 9.17) is 0 Å². The van der Waals surface area contributed by atoms with E-state index in [-0.39, 0.29) is 23.8 Å². The maximum Gasteiger partial charge on any atom is 0.225 e. The molecule has 0 aromatic rings. The molecule has 3 heteroatoms. The second-order valence-electron chi connectivity index (χ2n) is 6.07. The average Bonchev–Trinajstić information content (AvgIpc) is 2.38. The maximum atomic E-state index is 12.3. The second kappa shape index (κ2) is 5.85. The van der Waals surface area contributed by atoms with Crippen molar-refractivity contribution >= 4 is 11.7 Å². The zero-order valence-corrected chi connectivity index (χ0v) is 11.7. The van der Waals surface area contributed by atoms with Gasteiger partial charge < -0.3 is 4.90 Å². The van der Waals surface area contributed by atoms with Crippen LogP contribution >= 0.6 is 0 Å². The van der Waals surface area contributed by atoms with Crippen LogP contribution in [0, 0.1) is 11.8 Å². The molecule has 1 saturated heterocycles. The van der Waals surface area contributed by atoms with Crippen LogP contribution in [0.2, 0.25) is 0 Å². The first kappa shape index (κ1) is 13.6. The van der Waals surface area contributed by atoms with Crippen LogP contribution in [0.3, 0.4) is 0 Å². The van der Waals surface area contributed by atoms with Gasteiger partial charge in [0.1, 0.15) is 5.78 Å². The Hall–Kier alpha value is -0.860. The molecular weight excluding hydrogens is 226 g/mol. The van der Waals surface area contributed by atoms with E-state index >= 15 is 0 Å². The topological polar surface area (TPSA) is 37.4 Å². The molecule has 0 N–H and O–H groups in total. The fraction of sp³-hybridized carbons (Fsp3) is 0.867. The van der Waals surface area contributed by atoms with Crippen molar-refractivity contribution < 1.29 is 9.59 Å². The molecule has 1 heterocycles. The first-order valence-electron chi connectivity index (χ1n) is 7.44. The van der Waals surface area contributed by atoms with Gasteiger partial charge >= 0.3 is 0 Å². The van der Waals surface area contributed by atoms with Gasteiger partial charge in [-0.2, -0.15) is 0 Å². The lowest BCUT2D eigenvalue weighted by Gasteiger charge is -2.42. The highest BCUT2D eigenvalue weighted by Gasteiger charge is 2.37. The Balaban J connectivity index is 2.11. The Kier molecular flexibility index (Phi) is 4.41. The smallest absolute Gasteiger partial charge is 0.225 e. The summed E-state index contributed by atoms with van der Waals surface area (Å²) in [4.78, 5) is 26.4. The summed E-state index contributed by atoms with van der Waals surface area (Å²) in [7, 11) is 0. The van der Waals surface area contributed by atoms with Gasteiger partial charge in [-0.1, -0.05) is 20.3 Å². The van der Waals surface area contributed by atoms with Crippen molar-refractivity contribution in [2.75, 3.05) is 6.54 Å². The van der Waals surface area contributed by atoms with Crippen LogP contribution in [0.15, 0.2) is 0 Å². The van der Waals surface area contributed by atoms with Crippen LogP contribution in [0.5, 0.6) is 0 Å². The predicted molar refractivity (Wildman–Crippen MR) is 71.2 cm³/mol. The van der Waals surface area contributed by atoms with Crippen molar-refractivity contribution in [1.82, 2.24) is 4.90 Å². The molecule has 0 aromatic carbocycles. The lowest BCUT2D eigenvalue weighted by atomic mass is 9.78. The third-order valence-corrected chi connectivity index (χ3v) is 4.39. The number of Topliss-reactive ketones (excluding diaryl/α,β-unsaturated/α-hetero) is 1. The number of piperidine rings is 1. The summed E-state index contributed by atoms with van der Waals surface area (Å²) >= 11 is 0. The highest BCUT2D eigenvalue weighted by molar-refractivity contribution is 5.84. The molecule has 2 fully saturated rings. The predicted octanol–water partition coefficient (Wildman–Crippen LogP) is 2.78. The van der Waals surface area contributed by atoms with E-state index in [1.165, 1.54) is 0 Å². The highest BCUT2D eigenvalue weighted by atomic mass is 16.2. The molecule has 102 valence electrons. The molecule has 18 heavy (non-hydrogen) atoms. The summed E-state index contributed by atoms with van der Waals surface area (Å²) in [6.07, 6.45) is 7.19. The molecule has 3 nitrogen and oxygen atoms in total. The Morgan fingerprint density at radius 3 is 2.56 bits per heavy atom. The van der Waals surface area contributed by atoms with Crippen LogP contribution in [0.1, 0.15) is 58.8 Å². The third kappa shape index (κ3) is 2.76. The minimum Gasteiger partial charge on any atom is -0.339 e. The molecule has 1 aliphatic heterocycles. The fourth-order valence-electron chi connectivity index (χ4n) is 3.40. The molecule has 1 saturated carbocycles. The van der Waals surface area contributed by atoms with Crippen molar-refractivity contribution in [2.24, 2.45) is 11.8 Å². The van der Waals surface area contributed by atoms with Crippen molar-refractivity contribution in [1.29, 1.82) is 0 Å². The quantitative estimate of drug-likeness (QED) is 0.756. The van der Waals surface area contributed by atoms with Crippen LogP contribution in [0.4, 0.5) is 0 Å². The summed E-state index contributed by atoms with van der Waals surface area (Å²) in [5.41, 5.74) is 0. The van der Waals surface area contributed by atoms with E-state index in [0.717, 1.165) is 51.5 Å². The van der Waals surface area contributed by atoms with Gasteiger partial charge in [0, 0.05) is 30.8 Å². The van der Waals surface area contributed by atoms with Gasteiger partial charge in [-0.3, -0.25) is 9.59 Å². The lowest BCUT2D eigenvalue weighted by Crippen LogP contribution is -2.51. The number of hydrogen-bond acceptors (Lipinski definition) is 2.